The predicted molar refractivity (Wildman–Crippen MR) is 75.0 cm³/mol. The van der Waals surface area contributed by atoms with Gasteiger partial charge in [0, 0.05) is 6.54 Å². The maximum Gasteiger partial charge on any atom is 0.240 e. The molecule has 0 spiro atoms. The van der Waals surface area contributed by atoms with E-state index >= 15 is 0 Å². The summed E-state index contributed by atoms with van der Waals surface area (Å²) in [5.74, 6) is 0.274. The third-order valence-corrected chi connectivity index (χ3v) is 5.02. The zero-order chi connectivity index (χ0) is 14.0. The van der Waals surface area contributed by atoms with Crippen LogP contribution >= 0.6 is 0 Å². The lowest BCUT2D eigenvalue weighted by Crippen LogP contribution is -2.33. The standard InChI is InChI=1S/C14H23NO2S/c1-11-8-6-7-9-13(11)18(16,17)15-10-12(2)14(3,4)5/h6-9,12,15H,10H2,1-5H3. The second-order valence-corrected chi connectivity index (χ2v) is 7.62. The molecule has 0 aliphatic rings. The Morgan fingerprint density at radius 3 is 2.28 bits per heavy atom. The molecule has 0 saturated heterocycles. The van der Waals surface area contributed by atoms with Crippen molar-refractivity contribution in [1.82, 2.24) is 4.72 Å². The Morgan fingerprint density at radius 1 is 1.22 bits per heavy atom. The Morgan fingerprint density at radius 2 is 1.78 bits per heavy atom. The van der Waals surface area contributed by atoms with Crippen molar-refractivity contribution in [3.63, 3.8) is 0 Å². The average Bonchev–Trinajstić information content (AvgIpc) is 2.25. The van der Waals surface area contributed by atoms with Crippen molar-refractivity contribution in [1.29, 1.82) is 0 Å². The summed E-state index contributed by atoms with van der Waals surface area (Å²) in [6, 6.07) is 7.03. The van der Waals surface area contributed by atoms with E-state index in [0.717, 1.165) is 5.56 Å². The zero-order valence-corrected chi connectivity index (χ0v) is 12.6. The Kier molecular flexibility index (Phi) is 4.56. The molecular weight excluding hydrogens is 246 g/mol. The van der Waals surface area contributed by atoms with Gasteiger partial charge in [0.2, 0.25) is 10.0 Å². The maximum atomic E-state index is 12.2. The Hall–Kier alpha value is -0.870. The van der Waals surface area contributed by atoms with Gasteiger partial charge in [-0.2, -0.15) is 0 Å². The first-order valence-electron chi connectivity index (χ1n) is 6.20. The third kappa shape index (κ3) is 3.82. The van der Waals surface area contributed by atoms with E-state index in [0.29, 0.717) is 11.4 Å². The van der Waals surface area contributed by atoms with E-state index in [9.17, 15) is 8.42 Å². The summed E-state index contributed by atoms with van der Waals surface area (Å²) in [6.07, 6.45) is 0. The van der Waals surface area contributed by atoms with Crippen LogP contribution in [0, 0.1) is 18.3 Å². The fourth-order valence-electron chi connectivity index (χ4n) is 1.48. The van der Waals surface area contributed by atoms with Gasteiger partial charge in [-0.1, -0.05) is 45.9 Å². The van der Waals surface area contributed by atoms with Gasteiger partial charge in [0.05, 0.1) is 4.90 Å². The second kappa shape index (κ2) is 5.41. The van der Waals surface area contributed by atoms with Gasteiger partial charge in [0.1, 0.15) is 0 Å². The molecule has 18 heavy (non-hydrogen) atoms. The molecule has 1 aromatic rings. The molecular formula is C14H23NO2S. The summed E-state index contributed by atoms with van der Waals surface area (Å²) in [7, 11) is -3.40. The summed E-state index contributed by atoms with van der Waals surface area (Å²) in [5.41, 5.74) is 0.863. The first kappa shape index (κ1) is 15.2. The highest BCUT2D eigenvalue weighted by Gasteiger charge is 2.23. The number of aryl methyl sites for hydroxylation is 1. The number of sulfonamides is 1. The van der Waals surface area contributed by atoms with Crippen molar-refractivity contribution in [2.45, 2.75) is 39.5 Å². The minimum atomic E-state index is -3.40. The van der Waals surface area contributed by atoms with Gasteiger partial charge in [-0.25, -0.2) is 13.1 Å². The van der Waals surface area contributed by atoms with Crippen LogP contribution in [0.2, 0.25) is 0 Å². The topological polar surface area (TPSA) is 46.2 Å². The molecule has 1 rings (SSSR count). The van der Waals surface area contributed by atoms with E-state index in [2.05, 4.69) is 32.4 Å². The Balaban J connectivity index is 2.82. The van der Waals surface area contributed by atoms with Crippen LogP contribution in [0.1, 0.15) is 33.3 Å². The van der Waals surface area contributed by atoms with E-state index in [1.807, 2.05) is 19.1 Å². The van der Waals surface area contributed by atoms with Crippen LogP contribution in [-0.4, -0.2) is 15.0 Å². The van der Waals surface area contributed by atoms with Gasteiger partial charge >= 0.3 is 0 Å². The minimum absolute atomic E-state index is 0.0915. The average molecular weight is 269 g/mol. The molecule has 0 fully saturated rings. The van der Waals surface area contributed by atoms with Crippen molar-refractivity contribution in [3.05, 3.63) is 29.8 Å². The summed E-state index contributed by atoms with van der Waals surface area (Å²) < 4.78 is 27.0. The van der Waals surface area contributed by atoms with Crippen LogP contribution in [0.4, 0.5) is 0 Å². The van der Waals surface area contributed by atoms with Crippen LogP contribution in [0.5, 0.6) is 0 Å². The Labute approximate surface area is 111 Å². The number of hydrogen-bond acceptors (Lipinski definition) is 2. The molecule has 3 nitrogen and oxygen atoms in total. The molecule has 0 bridgehead atoms. The molecule has 0 heterocycles. The lowest BCUT2D eigenvalue weighted by atomic mass is 9.82. The number of benzene rings is 1. The molecule has 1 N–H and O–H groups in total. The molecule has 4 heteroatoms. The first-order chi connectivity index (χ1) is 8.14. The SMILES string of the molecule is Cc1ccccc1S(=O)(=O)NCC(C)C(C)(C)C. The van der Waals surface area contributed by atoms with Crippen LogP contribution in [0.25, 0.3) is 0 Å². The van der Waals surface area contributed by atoms with E-state index < -0.39 is 10.0 Å². The molecule has 0 aliphatic carbocycles. The van der Waals surface area contributed by atoms with Crippen molar-refractivity contribution in [3.8, 4) is 0 Å². The zero-order valence-electron chi connectivity index (χ0n) is 11.8. The minimum Gasteiger partial charge on any atom is -0.211 e. The van der Waals surface area contributed by atoms with Gasteiger partial charge in [-0.3, -0.25) is 0 Å². The van der Waals surface area contributed by atoms with Gasteiger partial charge < -0.3 is 0 Å². The fourth-order valence-corrected chi connectivity index (χ4v) is 2.85. The number of nitrogens with one attached hydrogen (secondary N) is 1. The molecule has 1 unspecified atom stereocenters. The van der Waals surface area contributed by atoms with Crippen LogP contribution in [-0.2, 0) is 10.0 Å². The largest absolute Gasteiger partial charge is 0.240 e. The predicted octanol–water partition coefficient (Wildman–Crippen LogP) is 2.96. The number of hydrogen-bond donors (Lipinski definition) is 1. The molecule has 0 aliphatic heterocycles. The van der Waals surface area contributed by atoms with Gasteiger partial charge in [0.25, 0.3) is 0 Å². The van der Waals surface area contributed by atoms with Gasteiger partial charge in [-0.15, -0.1) is 0 Å². The lowest BCUT2D eigenvalue weighted by molar-refractivity contribution is 0.263. The molecule has 1 aromatic carbocycles. The Bertz CT molecular complexity index is 501. The quantitative estimate of drug-likeness (QED) is 0.913. The molecule has 0 saturated carbocycles. The molecule has 0 radical (unpaired) electrons. The highest BCUT2D eigenvalue weighted by Crippen LogP contribution is 2.25. The smallest absolute Gasteiger partial charge is 0.211 e. The summed E-state index contributed by atoms with van der Waals surface area (Å²) in [5, 5.41) is 0. The van der Waals surface area contributed by atoms with Crippen molar-refractivity contribution in [2.24, 2.45) is 11.3 Å². The molecule has 102 valence electrons. The van der Waals surface area contributed by atoms with E-state index in [1.54, 1.807) is 12.1 Å². The third-order valence-electron chi connectivity index (χ3n) is 3.44. The molecule has 1 atom stereocenters. The van der Waals surface area contributed by atoms with Crippen molar-refractivity contribution < 1.29 is 8.42 Å². The molecule has 0 amide bonds. The highest BCUT2D eigenvalue weighted by molar-refractivity contribution is 7.89. The fraction of sp³-hybridized carbons (Fsp3) is 0.571. The maximum absolute atomic E-state index is 12.2. The molecule has 0 aromatic heterocycles. The second-order valence-electron chi connectivity index (χ2n) is 5.88. The van der Waals surface area contributed by atoms with Crippen LogP contribution < -0.4 is 4.72 Å². The van der Waals surface area contributed by atoms with Gasteiger partial charge in [-0.05, 0) is 29.9 Å². The summed E-state index contributed by atoms with van der Waals surface area (Å²) >= 11 is 0. The summed E-state index contributed by atoms with van der Waals surface area (Å²) in [4.78, 5) is 0.367. The van der Waals surface area contributed by atoms with Crippen LogP contribution in [0.15, 0.2) is 29.2 Å². The van der Waals surface area contributed by atoms with Crippen molar-refractivity contribution in [2.75, 3.05) is 6.54 Å². The lowest BCUT2D eigenvalue weighted by Gasteiger charge is -2.27. The van der Waals surface area contributed by atoms with E-state index in [1.165, 1.54) is 0 Å². The highest BCUT2D eigenvalue weighted by atomic mass is 32.2. The summed E-state index contributed by atoms with van der Waals surface area (Å²) in [6.45, 7) is 10.7. The van der Waals surface area contributed by atoms with Gasteiger partial charge in [0.15, 0.2) is 0 Å². The normalized spacial score (nSPS) is 14.5. The monoisotopic (exact) mass is 269 g/mol. The van der Waals surface area contributed by atoms with E-state index in [4.69, 9.17) is 0 Å². The van der Waals surface area contributed by atoms with E-state index in [-0.39, 0.29) is 11.3 Å². The van der Waals surface area contributed by atoms with Crippen molar-refractivity contribution >= 4 is 10.0 Å². The van der Waals surface area contributed by atoms with Crippen LogP contribution in [0.3, 0.4) is 0 Å². The number of rotatable bonds is 4. The first-order valence-corrected chi connectivity index (χ1v) is 7.68.